The Balaban J connectivity index is 1.92. The first-order chi connectivity index (χ1) is 8.60. The first kappa shape index (κ1) is 13.8. The molecule has 0 unspecified atom stereocenters. The van der Waals surface area contributed by atoms with Gasteiger partial charge in [-0.2, -0.15) is 0 Å². The van der Waals surface area contributed by atoms with Crippen LogP contribution in [-0.4, -0.2) is 48.7 Å². The molecule has 4 nitrogen and oxygen atoms in total. The summed E-state index contributed by atoms with van der Waals surface area (Å²) in [4.78, 5) is 10.2. The summed E-state index contributed by atoms with van der Waals surface area (Å²) in [5.74, 6) is 0.814. The molecule has 0 amide bonds. The Kier molecular flexibility index (Phi) is 4.59. The van der Waals surface area contributed by atoms with Gasteiger partial charge in [-0.1, -0.05) is 11.3 Å². The van der Waals surface area contributed by atoms with Crippen LogP contribution in [0.25, 0.3) is 0 Å². The molecular formula is C13H23N3OS. The maximum Gasteiger partial charge on any atom is 0.185 e. The summed E-state index contributed by atoms with van der Waals surface area (Å²) in [6.45, 7) is 5.46. The van der Waals surface area contributed by atoms with Crippen LogP contribution in [0.5, 0.6) is 0 Å². The van der Waals surface area contributed by atoms with Gasteiger partial charge in [-0.25, -0.2) is 4.98 Å². The summed E-state index contributed by atoms with van der Waals surface area (Å²) in [5, 5.41) is 10.3. The van der Waals surface area contributed by atoms with E-state index in [2.05, 4.69) is 28.9 Å². The molecule has 1 N–H and O–H groups in total. The van der Waals surface area contributed by atoms with Crippen LogP contribution in [0.1, 0.15) is 23.4 Å². The van der Waals surface area contributed by atoms with Gasteiger partial charge in [-0.05, 0) is 39.8 Å². The first-order valence-electron chi connectivity index (χ1n) is 6.57. The van der Waals surface area contributed by atoms with Crippen LogP contribution in [0.3, 0.4) is 0 Å². The largest absolute Gasteiger partial charge is 0.391 e. The average molecular weight is 269 g/mol. The molecule has 0 atom stereocenters. The molecular weight excluding hydrogens is 246 g/mol. The van der Waals surface area contributed by atoms with E-state index in [4.69, 9.17) is 0 Å². The van der Waals surface area contributed by atoms with Gasteiger partial charge in [0.05, 0.1) is 17.2 Å². The predicted molar refractivity (Wildman–Crippen MR) is 76.3 cm³/mol. The zero-order chi connectivity index (χ0) is 13.1. The van der Waals surface area contributed by atoms with Crippen LogP contribution in [-0.2, 0) is 6.61 Å². The van der Waals surface area contributed by atoms with Crippen LogP contribution in [0.2, 0.25) is 0 Å². The second-order valence-electron chi connectivity index (χ2n) is 5.36. The zero-order valence-electron chi connectivity index (χ0n) is 11.5. The SMILES string of the molecule is Cc1nc(N2CCC(CN(C)C)CC2)sc1CO. The summed E-state index contributed by atoms with van der Waals surface area (Å²) >= 11 is 1.64. The molecule has 0 radical (unpaired) electrons. The Hall–Kier alpha value is -0.650. The Morgan fingerprint density at radius 3 is 2.56 bits per heavy atom. The lowest BCUT2D eigenvalue weighted by Crippen LogP contribution is -2.37. The van der Waals surface area contributed by atoms with E-state index in [-0.39, 0.29) is 6.61 Å². The fourth-order valence-electron chi connectivity index (χ4n) is 2.52. The van der Waals surface area contributed by atoms with Gasteiger partial charge in [0.2, 0.25) is 0 Å². The van der Waals surface area contributed by atoms with E-state index in [0.29, 0.717) is 0 Å². The van der Waals surface area contributed by atoms with Crippen LogP contribution < -0.4 is 4.90 Å². The number of aromatic nitrogens is 1. The number of aryl methyl sites for hydroxylation is 1. The normalized spacial score (nSPS) is 17.7. The second kappa shape index (κ2) is 5.99. The van der Waals surface area contributed by atoms with Crippen LogP contribution in [0.4, 0.5) is 5.13 Å². The smallest absolute Gasteiger partial charge is 0.185 e. The number of hydrogen-bond acceptors (Lipinski definition) is 5. The van der Waals surface area contributed by atoms with Crippen molar-refractivity contribution in [2.24, 2.45) is 5.92 Å². The van der Waals surface area contributed by atoms with E-state index in [1.165, 1.54) is 19.4 Å². The van der Waals surface area contributed by atoms with Gasteiger partial charge in [0, 0.05) is 19.6 Å². The van der Waals surface area contributed by atoms with Crippen molar-refractivity contribution in [3.05, 3.63) is 10.6 Å². The van der Waals surface area contributed by atoms with E-state index in [0.717, 1.165) is 34.7 Å². The maximum atomic E-state index is 9.22. The molecule has 0 aliphatic carbocycles. The van der Waals surface area contributed by atoms with Crippen molar-refractivity contribution in [3.8, 4) is 0 Å². The van der Waals surface area contributed by atoms with Gasteiger partial charge < -0.3 is 14.9 Å². The summed E-state index contributed by atoms with van der Waals surface area (Å²) in [7, 11) is 4.29. The lowest BCUT2D eigenvalue weighted by molar-refractivity contribution is 0.284. The first-order valence-corrected chi connectivity index (χ1v) is 7.38. The average Bonchev–Trinajstić information content (AvgIpc) is 2.71. The number of nitrogens with zero attached hydrogens (tertiary/aromatic N) is 3. The van der Waals surface area contributed by atoms with Gasteiger partial charge in [0.15, 0.2) is 5.13 Å². The van der Waals surface area contributed by atoms with Crippen molar-refractivity contribution in [1.82, 2.24) is 9.88 Å². The van der Waals surface area contributed by atoms with Crippen LogP contribution in [0, 0.1) is 12.8 Å². The fraction of sp³-hybridized carbons (Fsp3) is 0.769. The molecule has 1 saturated heterocycles. The minimum Gasteiger partial charge on any atom is -0.391 e. The Bertz CT molecular complexity index is 384. The number of aliphatic hydroxyl groups is 1. The van der Waals surface area contributed by atoms with Gasteiger partial charge >= 0.3 is 0 Å². The quantitative estimate of drug-likeness (QED) is 0.903. The minimum atomic E-state index is 0.112. The molecule has 0 saturated carbocycles. The van der Waals surface area contributed by atoms with Gasteiger partial charge in [-0.3, -0.25) is 0 Å². The van der Waals surface area contributed by atoms with Gasteiger partial charge in [-0.15, -0.1) is 0 Å². The third-order valence-electron chi connectivity index (χ3n) is 3.53. The summed E-state index contributed by atoms with van der Waals surface area (Å²) in [5.41, 5.74) is 0.980. The van der Waals surface area contributed by atoms with E-state index < -0.39 is 0 Å². The number of aliphatic hydroxyl groups excluding tert-OH is 1. The number of piperidine rings is 1. The fourth-order valence-corrected chi connectivity index (χ4v) is 3.49. The Labute approximate surface area is 113 Å². The van der Waals surface area contributed by atoms with Crippen molar-refractivity contribution in [2.75, 3.05) is 38.6 Å². The standard InChI is InChI=1S/C13H23N3OS/c1-10-12(9-17)18-13(14-10)16-6-4-11(5-7-16)8-15(2)3/h11,17H,4-9H2,1-3H3. The molecule has 0 bridgehead atoms. The third kappa shape index (κ3) is 3.22. The van der Waals surface area contributed by atoms with E-state index in [9.17, 15) is 5.11 Å². The van der Waals surface area contributed by atoms with Crippen molar-refractivity contribution in [2.45, 2.75) is 26.4 Å². The molecule has 0 spiro atoms. The van der Waals surface area contributed by atoms with E-state index in [1.807, 2.05) is 6.92 Å². The lowest BCUT2D eigenvalue weighted by atomic mass is 9.97. The van der Waals surface area contributed by atoms with Crippen LogP contribution >= 0.6 is 11.3 Å². The van der Waals surface area contributed by atoms with Gasteiger partial charge in [0.1, 0.15) is 0 Å². The summed E-state index contributed by atoms with van der Waals surface area (Å²) in [6.07, 6.45) is 2.48. The molecule has 1 aliphatic heterocycles. The Morgan fingerprint density at radius 1 is 1.39 bits per heavy atom. The minimum absolute atomic E-state index is 0.112. The summed E-state index contributed by atoms with van der Waals surface area (Å²) < 4.78 is 0. The molecule has 18 heavy (non-hydrogen) atoms. The topological polar surface area (TPSA) is 39.6 Å². The monoisotopic (exact) mass is 269 g/mol. The van der Waals surface area contributed by atoms with Crippen molar-refractivity contribution in [1.29, 1.82) is 0 Å². The maximum absolute atomic E-state index is 9.22. The molecule has 5 heteroatoms. The molecule has 1 aliphatic rings. The van der Waals surface area contributed by atoms with Crippen molar-refractivity contribution in [3.63, 3.8) is 0 Å². The van der Waals surface area contributed by atoms with E-state index in [1.54, 1.807) is 11.3 Å². The highest BCUT2D eigenvalue weighted by Crippen LogP contribution is 2.29. The lowest BCUT2D eigenvalue weighted by Gasteiger charge is -2.33. The third-order valence-corrected chi connectivity index (χ3v) is 4.74. The molecule has 2 heterocycles. The van der Waals surface area contributed by atoms with Crippen molar-refractivity contribution < 1.29 is 5.11 Å². The highest BCUT2D eigenvalue weighted by atomic mass is 32.1. The highest BCUT2D eigenvalue weighted by Gasteiger charge is 2.22. The molecule has 0 aromatic carbocycles. The molecule has 1 fully saturated rings. The highest BCUT2D eigenvalue weighted by molar-refractivity contribution is 7.15. The van der Waals surface area contributed by atoms with Gasteiger partial charge in [0.25, 0.3) is 0 Å². The number of hydrogen-bond donors (Lipinski definition) is 1. The molecule has 102 valence electrons. The molecule has 1 aromatic heterocycles. The Morgan fingerprint density at radius 2 is 2.06 bits per heavy atom. The second-order valence-corrected chi connectivity index (χ2v) is 6.42. The van der Waals surface area contributed by atoms with Crippen LogP contribution in [0.15, 0.2) is 0 Å². The number of anilines is 1. The summed E-state index contributed by atoms with van der Waals surface area (Å²) in [6, 6.07) is 0. The number of rotatable bonds is 4. The number of thiazole rings is 1. The molecule has 1 aromatic rings. The predicted octanol–water partition coefficient (Wildman–Crippen LogP) is 1.72. The zero-order valence-corrected chi connectivity index (χ0v) is 12.3. The van der Waals surface area contributed by atoms with Crippen molar-refractivity contribution >= 4 is 16.5 Å². The van der Waals surface area contributed by atoms with E-state index >= 15 is 0 Å². The molecule has 2 rings (SSSR count).